The highest BCUT2D eigenvalue weighted by Gasteiger charge is 2.18. The largest absolute Gasteiger partial charge is 0.487 e. The molecule has 1 aromatic rings. The summed E-state index contributed by atoms with van der Waals surface area (Å²) in [6.45, 7) is 10.7. The average Bonchev–Trinajstić information content (AvgIpc) is 2.47. The number of hydrogen-bond acceptors (Lipinski definition) is 4. The zero-order valence-electron chi connectivity index (χ0n) is 14.8. The number of rotatable bonds is 7. The van der Waals surface area contributed by atoms with Gasteiger partial charge >= 0.3 is 6.09 Å². The van der Waals surface area contributed by atoms with E-state index < -0.39 is 6.09 Å². The van der Waals surface area contributed by atoms with Crippen LogP contribution in [0.25, 0.3) is 0 Å². The van der Waals surface area contributed by atoms with Gasteiger partial charge in [0.25, 0.3) is 0 Å². The summed E-state index contributed by atoms with van der Waals surface area (Å²) < 4.78 is 25.1. The summed E-state index contributed by atoms with van der Waals surface area (Å²) in [4.78, 5) is 11.7. The van der Waals surface area contributed by atoms with E-state index >= 15 is 0 Å². The summed E-state index contributed by atoms with van der Waals surface area (Å²) in [5.41, 5.74) is 0.338. The molecule has 7 heteroatoms. The van der Waals surface area contributed by atoms with Gasteiger partial charge in [-0.2, -0.15) is 0 Å². The fraction of sp³-hybridized carbons (Fsp3) is 0.588. The molecule has 136 valence electrons. The van der Waals surface area contributed by atoms with Crippen molar-refractivity contribution < 1.29 is 18.7 Å². The summed E-state index contributed by atoms with van der Waals surface area (Å²) in [6.07, 6.45) is -0.862. The first-order valence-corrected chi connectivity index (χ1v) is 8.72. The summed E-state index contributed by atoms with van der Waals surface area (Å²) in [7, 11) is 0. The first-order chi connectivity index (χ1) is 11.1. The molecule has 0 aliphatic rings. The molecule has 0 aromatic heterocycles. The van der Waals surface area contributed by atoms with Gasteiger partial charge in [-0.25, -0.2) is 9.18 Å². The molecule has 0 unspecified atom stereocenters. The first kappa shape index (κ1) is 20.7. The van der Waals surface area contributed by atoms with E-state index in [1.807, 2.05) is 27.7 Å². The van der Waals surface area contributed by atoms with E-state index in [4.69, 9.17) is 9.47 Å². The Balaban J connectivity index is 2.68. The number of carbonyl (C=O) groups is 1. The normalized spacial score (nSPS) is 12.6. The number of carbonyl (C=O) groups excluding carboxylic acids is 1. The van der Waals surface area contributed by atoms with E-state index in [2.05, 4.69) is 26.6 Å². The predicted molar refractivity (Wildman–Crippen MR) is 95.8 cm³/mol. The van der Waals surface area contributed by atoms with E-state index in [0.717, 1.165) is 6.54 Å². The maximum Gasteiger partial charge on any atom is 0.407 e. The third kappa shape index (κ3) is 7.05. The molecule has 0 aliphatic carbocycles. The SMILES string of the molecule is CCNCc1c(O[C@@H](C)COC(=O)NC(C)(C)C)ccc(F)c1Br. The molecule has 5 nitrogen and oxygen atoms in total. The number of hydrogen-bond donors (Lipinski definition) is 2. The molecule has 2 N–H and O–H groups in total. The highest BCUT2D eigenvalue weighted by atomic mass is 79.9. The Bertz CT molecular complexity index is 562. The molecular weight excluding hydrogens is 379 g/mol. The number of nitrogens with one attached hydrogen (secondary N) is 2. The van der Waals surface area contributed by atoms with Crippen molar-refractivity contribution in [1.29, 1.82) is 0 Å². The lowest BCUT2D eigenvalue weighted by Crippen LogP contribution is -2.41. The molecule has 0 heterocycles. The molecule has 0 saturated carbocycles. The Labute approximate surface area is 151 Å². The van der Waals surface area contributed by atoms with Crippen molar-refractivity contribution in [2.45, 2.75) is 52.8 Å². The van der Waals surface area contributed by atoms with E-state index in [1.54, 1.807) is 13.0 Å². The molecule has 1 aromatic carbocycles. The minimum absolute atomic E-state index is 0.0948. The van der Waals surface area contributed by atoms with Crippen molar-refractivity contribution in [2.24, 2.45) is 0 Å². The van der Waals surface area contributed by atoms with Gasteiger partial charge in [0.1, 0.15) is 24.3 Å². The maximum atomic E-state index is 13.7. The Morgan fingerprint density at radius 1 is 1.38 bits per heavy atom. The van der Waals surface area contributed by atoms with Crippen LogP contribution in [0.1, 0.15) is 40.2 Å². The van der Waals surface area contributed by atoms with Crippen LogP contribution in [0, 0.1) is 5.82 Å². The van der Waals surface area contributed by atoms with Crippen molar-refractivity contribution in [3.05, 3.63) is 28.0 Å². The Morgan fingerprint density at radius 3 is 2.62 bits per heavy atom. The van der Waals surface area contributed by atoms with Gasteiger partial charge in [-0.3, -0.25) is 0 Å². The van der Waals surface area contributed by atoms with Gasteiger partial charge in [-0.1, -0.05) is 6.92 Å². The smallest absolute Gasteiger partial charge is 0.407 e. The maximum absolute atomic E-state index is 13.7. The second-order valence-corrected chi connectivity index (χ2v) is 7.31. The molecule has 24 heavy (non-hydrogen) atoms. The minimum Gasteiger partial charge on any atom is -0.487 e. The fourth-order valence-electron chi connectivity index (χ4n) is 1.89. The number of benzene rings is 1. The zero-order chi connectivity index (χ0) is 18.3. The molecule has 1 rings (SSSR count). The van der Waals surface area contributed by atoms with Crippen LogP contribution in [0.15, 0.2) is 16.6 Å². The van der Waals surface area contributed by atoms with Gasteiger partial charge in [0.15, 0.2) is 0 Å². The lowest BCUT2D eigenvalue weighted by molar-refractivity contribution is 0.0852. The highest BCUT2D eigenvalue weighted by Crippen LogP contribution is 2.30. The van der Waals surface area contributed by atoms with Crippen LogP contribution in [-0.4, -0.2) is 30.9 Å². The van der Waals surface area contributed by atoms with Crippen LogP contribution in [0.3, 0.4) is 0 Å². The third-order valence-electron chi connectivity index (χ3n) is 2.96. The van der Waals surface area contributed by atoms with Gasteiger partial charge in [0.2, 0.25) is 0 Å². The monoisotopic (exact) mass is 404 g/mol. The molecule has 0 bridgehead atoms. The predicted octanol–water partition coefficient (Wildman–Crippen LogP) is 3.99. The van der Waals surface area contributed by atoms with Gasteiger partial charge in [0.05, 0.1) is 4.47 Å². The minimum atomic E-state index is -0.494. The average molecular weight is 405 g/mol. The molecule has 1 atom stereocenters. The van der Waals surface area contributed by atoms with Crippen molar-refractivity contribution in [2.75, 3.05) is 13.2 Å². The highest BCUT2D eigenvalue weighted by molar-refractivity contribution is 9.10. The quantitative estimate of drug-likeness (QED) is 0.720. The Kier molecular flexibility index (Phi) is 7.96. The molecular formula is C17H26BrFN2O3. The number of ether oxygens (including phenoxy) is 2. The Hall–Kier alpha value is -1.34. The molecule has 0 fully saturated rings. The summed E-state index contributed by atoms with van der Waals surface area (Å²) >= 11 is 3.26. The molecule has 0 aliphatic heterocycles. The van der Waals surface area contributed by atoms with Gasteiger partial charge in [-0.15, -0.1) is 0 Å². The van der Waals surface area contributed by atoms with E-state index in [-0.39, 0.29) is 24.1 Å². The molecule has 0 radical (unpaired) electrons. The lowest BCUT2D eigenvalue weighted by atomic mass is 10.1. The van der Waals surface area contributed by atoms with Crippen LogP contribution >= 0.6 is 15.9 Å². The lowest BCUT2D eigenvalue weighted by Gasteiger charge is -2.22. The summed E-state index contributed by atoms with van der Waals surface area (Å²) in [5, 5.41) is 5.86. The zero-order valence-corrected chi connectivity index (χ0v) is 16.4. The van der Waals surface area contributed by atoms with Crippen molar-refractivity contribution in [1.82, 2.24) is 10.6 Å². The van der Waals surface area contributed by atoms with Gasteiger partial charge < -0.3 is 20.1 Å². The van der Waals surface area contributed by atoms with Crippen LogP contribution in [0.5, 0.6) is 5.75 Å². The molecule has 0 saturated heterocycles. The topological polar surface area (TPSA) is 59.6 Å². The number of amides is 1. The standard InChI is InChI=1S/C17H26BrFN2O3/c1-6-20-9-12-14(8-7-13(19)15(12)18)24-11(2)10-23-16(22)21-17(3,4)5/h7-8,11,20H,6,9-10H2,1-5H3,(H,21,22)/t11-/m0/s1. The first-order valence-electron chi connectivity index (χ1n) is 7.93. The van der Waals surface area contributed by atoms with E-state index in [1.165, 1.54) is 6.07 Å². The second kappa shape index (κ2) is 9.22. The van der Waals surface area contributed by atoms with Crippen LogP contribution in [0.4, 0.5) is 9.18 Å². The van der Waals surface area contributed by atoms with Crippen LogP contribution in [0.2, 0.25) is 0 Å². The van der Waals surface area contributed by atoms with Crippen molar-refractivity contribution in [3.63, 3.8) is 0 Å². The summed E-state index contributed by atoms with van der Waals surface area (Å²) in [6, 6.07) is 2.92. The van der Waals surface area contributed by atoms with Crippen molar-refractivity contribution in [3.8, 4) is 5.75 Å². The van der Waals surface area contributed by atoms with E-state index in [9.17, 15) is 9.18 Å². The van der Waals surface area contributed by atoms with Crippen LogP contribution in [-0.2, 0) is 11.3 Å². The third-order valence-corrected chi connectivity index (χ3v) is 3.82. The van der Waals surface area contributed by atoms with Gasteiger partial charge in [-0.05, 0) is 62.3 Å². The van der Waals surface area contributed by atoms with Gasteiger partial charge in [0, 0.05) is 17.6 Å². The summed E-state index contributed by atoms with van der Waals surface area (Å²) in [5.74, 6) is 0.209. The molecule has 1 amide bonds. The van der Waals surface area contributed by atoms with E-state index in [0.29, 0.717) is 22.3 Å². The second-order valence-electron chi connectivity index (χ2n) is 6.52. The van der Waals surface area contributed by atoms with Crippen LogP contribution < -0.4 is 15.4 Å². The van der Waals surface area contributed by atoms with Crippen molar-refractivity contribution >= 4 is 22.0 Å². The fourth-order valence-corrected chi connectivity index (χ4v) is 2.35. The molecule has 0 spiro atoms. The number of alkyl carbamates (subject to hydrolysis) is 1. The number of halogens is 2. The Morgan fingerprint density at radius 2 is 2.04 bits per heavy atom.